The minimum atomic E-state index is -0.411. The molecular weight excluding hydrogens is 318 g/mol. The van der Waals surface area contributed by atoms with Gasteiger partial charge in [0.1, 0.15) is 0 Å². The molecule has 0 aliphatic heterocycles. The van der Waals surface area contributed by atoms with E-state index in [1.807, 2.05) is 0 Å². The van der Waals surface area contributed by atoms with Crippen molar-refractivity contribution in [2.75, 3.05) is 0 Å². The van der Waals surface area contributed by atoms with E-state index in [0.29, 0.717) is 5.71 Å². The summed E-state index contributed by atoms with van der Waals surface area (Å²) in [4.78, 5) is 24.3. The van der Waals surface area contributed by atoms with Crippen molar-refractivity contribution in [2.24, 2.45) is 22.9 Å². The number of carbonyl (C=O) groups excluding carboxylic acids is 2. The third-order valence-corrected chi connectivity index (χ3v) is 5.95. The second kappa shape index (κ2) is 6.32. The van der Waals surface area contributed by atoms with Gasteiger partial charge in [-0.2, -0.15) is 5.10 Å². The Hall–Kier alpha value is -2.11. The number of carbonyl (C=O) groups is 2. The molecule has 0 spiro atoms. The van der Waals surface area contributed by atoms with E-state index < -0.39 is 5.91 Å². The van der Waals surface area contributed by atoms with Crippen molar-refractivity contribution in [2.45, 2.75) is 57.4 Å². The van der Waals surface area contributed by atoms with Crippen LogP contribution >= 0.6 is 0 Å². The van der Waals surface area contributed by atoms with Crippen molar-refractivity contribution in [1.82, 2.24) is 10.7 Å². The van der Waals surface area contributed by atoms with Crippen LogP contribution in [-0.2, 0) is 4.79 Å². The van der Waals surface area contributed by atoms with Gasteiger partial charge in [0, 0.05) is 11.3 Å². The van der Waals surface area contributed by atoms with E-state index in [4.69, 9.17) is 4.42 Å². The Morgan fingerprint density at radius 1 is 1.20 bits per heavy atom. The number of amides is 2. The predicted octanol–water partition coefficient (Wildman–Crippen LogP) is 2.86. The van der Waals surface area contributed by atoms with Gasteiger partial charge in [0.25, 0.3) is 0 Å². The van der Waals surface area contributed by atoms with Gasteiger partial charge < -0.3 is 9.73 Å². The molecule has 0 aromatic carbocycles. The lowest BCUT2D eigenvalue weighted by Gasteiger charge is -2.56. The lowest BCUT2D eigenvalue weighted by molar-refractivity contribution is -0.125. The number of hydrazone groups is 1. The van der Waals surface area contributed by atoms with Crippen molar-refractivity contribution in [3.63, 3.8) is 0 Å². The standard InChI is InChI=1S/C19H25N3O3/c1-12(21-22-18(24)16-3-2-4-25-16)5-17(23)20-19-9-13-6-14(10-19)8-15(7-13)11-19/h2-4,13-15H,5-11H2,1H3,(H,20,23)(H,22,24)/b21-12+. The van der Waals surface area contributed by atoms with Crippen LogP contribution in [-0.4, -0.2) is 23.1 Å². The fourth-order valence-corrected chi connectivity index (χ4v) is 5.48. The molecule has 4 aliphatic rings. The maximum absolute atomic E-state index is 12.5. The molecule has 5 rings (SSSR count). The zero-order valence-corrected chi connectivity index (χ0v) is 14.6. The molecule has 4 bridgehead atoms. The maximum atomic E-state index is 12.5. The molecule has 134 valence electrons. The highest BCUT2D eigenvalue weighted by Gasteiger charge is 2.51. The Bertz CT molecular complexity index is 657. The van der Waals surface area contributed by atoms with E-state index in [9.17, 15) is 9.59 Å². The Kier molecular flexibility index (Phi) is 4.13. The van der Waals surface area contributed by atoms with Crippen LogP contribution in [0.4, 0.5) is 0 Å². The predicted molar refractivity (Wildman–Crippen MR) is 92.9 cm³/mol. The molecule has 4 fully saturated rings. The summed E-state index contributed by atoms with van der Waals surface area (Å²) in [6.45, 7) is 1.75. The molecular formula is C19H25N3O3. The summed E-state index contributed by atoms with van der Waals surface area (Å²) in [6.07, 6.45) is 9.12. The molecule has 4 saturated carbocycles. The maximum Gasteiger partial charge on any atom is 0.307 e. The van der Waals surface area contributed by atoms with Crippen LogP contribution in [0.2, 0.25) is 0 Å². The van der Waals surface area contributed by atoms with Gasteiger partial charge in [-0.25, -0.2) is 5.43 Å². The third-order valence-electron chi connectivity index (χ3n) is 5.95. The average Bonchev–Trinajstić information content (AvgIpc) is 3.05. The van der Waals surface area contributed by atoms with E-state index in [-0.39, 0.29) is 23.6 Å². The Morgan fingerprint density at radius 2 is 1.84 bits per heavy atom. The first-order valence-corrected chi connectivity index (χ1v) is 9.19. The molecule has 25 heavy (non-hydrogen) atoms. The fraction of sp³-hybridized carbons (Fsp3) is 0.632. The van der Waals surface area contributed by atoms with Gasteiger partial charge in [-0.1, -0.05) is 0 Å². The highest BCUT2D eigenvalue weighted by atomic mass is 16.3. The van der Waals surface area contributed by atoms with Crippen LogP contribution in [0.3, 0.4) is 0 Å². The molecule has 1 aromatic heterocycles. The Balaban J connectivity index is 1.31. The van der Waals surface area contributed by atoms with E-state index in [1.165, 1.54) is 25.5 Å². The molecule has 0 atom stereocenters. The number of hydrogen-bond acceptors (Lipinski definition) is 4. The summed E-state index contributed by atoms with van der Waals surface area (Å²) >= 11 is 0. The zero-order chi connectivity index (χ0) is 17.4. The SMILES string of the molecule is C/C(CC(=O)NC12CC3CC(CC(C3)C1)C2)=N\NC(=O)c1ccco1. The first-order chi connectivity index (χ1) is 12.0. The van der Waals surface area contributed by atoms with Crippen LogP contribution in [0.25, 0.3) is 0 Å². The van der Waals surface area contributed by atoms with E-state index in [1.54, 1.807) is 19.1 Å². The normalized spacial score (nSPS) is 33.3. The molecule has 2 amide bonds. The van der Waals surface area contributed by atoms with Crippen molar-refractivity contribution in [3.05, 3.63) is 24.2 Å². The van der Waals surface area contributed by atoms with Crippen molar-refractivity contribution >= 4 is 17.5 Å². The second-order valence-electron chi connectivity index (χ2n) is 8.19. The van der Waals surface area contributed by atoms with E-state index in [0.717, 1.165) is 37.0 Å². The number of hydrogen-bond donors (Lipinski definition) is 2. The number of nitrogens with zero attached hydrogens (tertiary/aromatic N) is 1. The first kappa shape index (κ1) is 16.4. The van der Waals surface area contributed by atoms with Crippen LogP contribution in [0, 0.1) is 17.8 Å². The summed E-state index contributed by atoms with van der Waals surface area (Å²) < 4.78 is 5.01. The Labute approximate surface area is 147 Å². The smallest absolute Gasteiger partial charge is 0.307 e. The first-order valence-electron chi connectivity index (χ1n) is 9.19. The van der Waals surface area contributed by atoms with Gasteiger partial charge in [0.15, 0.2) is 5.76 Å². The Morgan fingerprint density at radius 3 is 2.40 bits per heavy atom. The summed E-state index contributed by atoms with van der Waals surface area (Å²) in [6, 6.07) is 3.21. The minimum absolute atomic E-state index is 0.00967. The average molecular weight is 343 g/mol. The number of furan rings is 1. The van der Waals surface area contributed by atoms with Crippen molar-refractivity contribution in [3.8, 4) is 0 Å². The molecule has 0 radical (unpaired) electrons. The van der Waals surface area contributed by atoms with Crippen LogP contribution in [0.5, 0.6) is 0 Å². The minimum Gasteiger partial charge on any atom is -0.459 e. The molecule has 1 heterocycles. The topological polar surface area (TPSA) is 83.7 Å². The van der Waals surface area contributed by atoms with Gasteiger partial charge in [0.2, 0.25) is 5.91 Å². The third kappa shape index (κ3) is 3.48. The summed E-state index contributed by atoms with van der Waals surface area (Å²) in [5, 5.41) is 7.33. The molecule has 1 aromatic rings. The van der Waals surface area contributed by atoms with Crippen LogP contribution in [0.15, 0.2) is 27.9 Å². The number of rotatable bonds is 5. The zero-order valence-electron chi connectivity index (χ0n) is 14.6. The lowest BCUT2D eigenvalue weighted by Crippen LogP contribution is -2.60. The van der Waals surface area contributed by atoms with Gasteiger partial charge in [0.05, 0.1) is 12.7 Å². The quantitative estimate of drug-likeness (QED) is 0.637. The van der Waals surface area contributed by atoms with Crippen LogP contribution in [0.1, 0.15) is 62.4 Å². The number of nitrogens with one attached hydrogen (secondary N) is 2. The van der Waals surface area contributed by atoms with E-state index in [2.05, 4.69) is 15.8 Å². The molecule has 6 heteroatoms. The highest BCUT2D eigenvalue weighted by molar-refractivity contribution is 6.01. The lowest BCUT2D eigenvalue weighted by atomic mass is 9.53. The van der Waals surface area contributed by atoms with Crippen molar-refractivity contribution in [1.29, 1.82) is 0 Å². The summed E-state index contributed by atoms with van der Waals surface area (Å²) in [5.41, 5.74) is 3.03. The molecule has 0 saturated heterocycles. The molecule has 2 N–H and O–H groups in total. The second-order valence-corrected chi connectivity index (χ2v) is 8.19. The van der Waals surface area contributed by atoms with E-state index >= 15 is 0 Å². The van der Waals surface area contributed by atoms with Crippen LogP contribution < -0.4 is 10.7 Å². The molecule has 0 unspecified atom stereocenters. The summed E-state index contributed by atoms with van der Waals surface area (Å²) in [7, 11) is 0. The van der Waals surface area contributed by atoms with Gasteiger partial charge in [-0.15, -0.1) is 0 Å². The summed E-state index contributed by atoms with van der Waals surface area (Å²) in [5.74, 6) is 2.20. The molecule has 4 aliphatic carbocycles. The van der Waals surface area contributed by atoms with Crippen molar-refractivity contribution < 1.29 is 14.0 Å². The fourth-order valence-electron chi connectivity index (χ4n) is 5.48. The molecule has 6 nitrogen and oxygen atoms in total. The monoisotopic (exact) mass is 343 g/mol. The van der Waals surface area contributed by atoms with Gasteiger partial charge in [-0.3, -0.25) is 9.59 Å². The largest absolute Gasteiger partial charge is 0.459 e. The van der Waals surface area contributed by atoms with Gasteiger partial charge in [-0.05, 0) is 75.3 Å². The highest BCUT2D eigenvalue weighted by Crippen LogP contribution is 2.55. The van der Waals surface area contributed by atoms with Gasteiger partial charge >= 0.3 is 5.91 Å².